The van der Waals surface area contributed by atoms with Crippen molar-refractivity contribution in [1.29, 1.82) is 0 Å². The van der Waals surface area contributed by atoms with Gasteiger partial charge in [0.1, 0.15) is 0 Å². The summed E-state index contributed by atoms with van der Waals surface area (Å²) in [6.45, 7) is 0.953. The number of hydrogen-bond acceptors (Lipinski definition) is 4. The SMILES string of the molecule is O=C(O)CCCCCC[C@@H]1[C@H](CCCCSCNCc2ccccc2)[C@@H]2CC[C@H]1O2. The van der Waals surface area contributed by atoms with Crippen molar-refractivity contribution in [2.75, 3.05) is 11.6 Å². The standard InChI is InChI=1S/C25H39NO3S/c27-25(28)14-7-2-1-6-12-21-22(24-16-15-23(21)29-24)13-8-9-17-30-19-26-18-20-10-4-3-5-11-20/h3-5,10-11,21-24,26H,1-2,6-9,12-19H2,(H,27,28)/t21-,22+,23-,24+/m1/s1. The molecular weight excluding hydrogens is 394 g/mol. The molecule has 2 aliphatic heterocycles. The summed E-state index contributed by atoms with van der Waals surface area (Å²) < 4.78 is 6.27. The van der Waals surface area contributed by atoms with E-state index >= 15 is 0 Å². The van der Waals surface area contributed by atoms with Gasteiger partial charge in [-0.05, 0) is 61.7 Å². The predicted molar refractivity (Wildman–Crippen MR) is 125 cm³/mol. The zero-order valence-electron chi connectivity index (χ0n) is 18.3. The van der Waals surface area contributed by atoms with E-state index in [0.717, 1.165) is 37.1 Å². The lowest BCUT2D eigenvalue weighted by molar-refractivity contribution is -0.137. The molecule has 0 aromatic heterocycles. The highest BCUT2D eigenvalue weighted by atomic mass is 32.2. The second kappa shape index (κ2) is 13.4. The third kappa shape index (κ3) is 7.90. The number of carboxylic acids is 1. The second-order valence-corrected chi connectivity index (χ2v) is 10.0. The van der Waals surface area contributed by atoms with E-state index in [1.807, 2.05) is 11.8 Å². The number of ether oxygens (including phenoxy) is 1. The molecule has 0 saturated carbocycles. The number of hydrogen-bond donors (Lipinski definition) is 2. The zero-order chi connectivity index (χ0) is 21.0. The van der Waals surface area contributed by atoms with Gasteiger partial charge < -0.3 is 15.2 Å². The molecule has 5 heteroatoms. The monoisotopic (exact) mass is 433 g/mol. The lowest BCUT2D eigenvalue weighted by Gasteiger charge is -2.28. The Morgan fingerprint density at radius 2 is 1.63 bits per heavy atom. The number of carbonyl (C=O) groups is 1. The first-order valence-electron chi connectivity index (χ1n) is 11.9. The van der Waals surface area contributed by atoms with Gasteiger partial charge >= 0.3 is 5.97 Å². The molecule has 2 aliphatic rings. The van der Waals surface area contributed by atoms with Crippen LogP contribution in [0.1, 0.15) is 76.2 Å². The summed E-state index contributed by atoms with van der Waals surface area (Å²) in [4.78, 5) is 10.6. The van der Waals surface area contributed by atoms with Crippen LogP contribution in [0.4, 0.5) is 0 Å². The van der Waals surface area contributed by atoms with Crippen molar-refractivity contribution >= 4 is 17.7 Å². The Morgan fingerprint density at radius 1 is 0.967 bits per heavy atom. The largest absolute Gasteiger partial charge is 0.481 e. The molecule has 0 unspecified atom stereocenters. The third-order valence-electron chi connectivity index (χ3n) is 6.72. The van der Waals surface area contributed by atoms with Crippen LogP contribution in [0, 0.1) is 11.8 Å². The summed E-state index contributed by atoms with van der Waals surface area (Å²) in [6.07, 6.45) is 13.4. The van der Waals surface area contributed by atoms with Gasteiger partial charge in [-0.15, -0.1) is 11.8 Å². The van der Waals surface area contributed by atoms with Crippen molar-refractivity contribution in [3.05, 3.63) is 35.9 Å². The van der Waals surface area contributed by atoms with Gasteiger partial charge in [0.05, 0.1) is 12.2 Å². The lowest BCUT2D eigenvalue weighted by atomic mass is 9.74. The highest BCUT2D eigenvalue weighted by Crippen LogP contribution is 2.47. The molecule has 4 atom stereocenters. The zero-order valence-corrected chi connectivity index (χ0v) is 19.1. The first-order valence-corrected chi connectivity index (χ1v) is 13.1. The van der Waals surface area contributed by atoms with Crippen molar-refractivity contribution in [2.45, 2.75) is 89.4 Å². The first kappa shape index (κ1) is 23.6. The molecule has 0 radical (unpaired) electrons. The van der Waals surface area contributed by atoms with Gasteiger partial charge in [0.2, 0.25) is 0 Å². The van der Waals surface area contributed by atoms with Crippen molar-refractivity contribution in [2.24, 2.45) is 11.8 Å². The van der Waals surface area contributed by atoms with Crippen LogP contribution in [0.2, 0.25) is 0 Å². The topological polar surface area (TPSA) is 58.6 Å². The minimum absolute atomic E-state index is 0.319. The maximum atomic E-state index is 10.6. The molecular formula is C25H39NO3S. The van der Waals surface area contributed by atoms with E-state index in [1.165, 1.54) is 62.7 Å². The molecule has 1 aromatic carbocycles. The number of unbranched alkanes of at least 4 members (excludes halogenated alkanes) is 4. The van der Waals surface area contributed by atoms with Gasteiger partial charge in [0, 0.05) is 18.8 Å². The molecule has 30 heavy (non-hydrogen) atoms. The Kier molecular flexibility index (Phi) is 10.5. The van der Waals surface area contributed by atoms with E-state index in [9.17, 15) is 4.79 Å². The highest BCUT2D eigenvalue weighted by Gasteiger charge is 2.47. The maximum absolute atomic E-state index is 10.6. The molecule has 3 rings (SSSR count). The van der Waals surface area contributed by atoms with Gasteiger partial charge in [-0.1, -0.05) is 56.0 Å². The molecule has 168 valence electrons. The highest BCUT2D eigenvalue weighted by molar-refractivity contribution is 7.99. The fraction of sp³-hybridized carbons (Fsp3) is 0.720. The minimum Gasteiger partial charge on any atom is -0.481 e. The van der Waals surface area contributed by atoms with E-state index in [-0.39, 0.29) is 0 Å². The van der Waals surface area contributed by atoms with Gasteiger partial charge in [-0.25, -0.2) is 0 Å². The van der Waals surface area contributed by atoms with Crippen molar-refractivity contribution in [1.82, 2.24) is 5.32 Å². The molecule has 2 heterocycles. The third-order valence-corrected chi connectivity index (χ3v) is 7.71. The van der Waals surface area contributed by atoms with E-state index in [4.69, 9.17) is 9.84 Å². The summed E-state index contributed by atoms with van der Waals surface area (Å²) in [5, 5.41) is 12.3. The summed E-state index contributed by atoms with van der Waals surface area (Å²) in [7, 11) is 0. The van der Waals surface area contributed by atoms with Crippen molar-refractivity contribution in [3.63, 3.8) is 0 Å². The van der Waals surface area contributed by atoms with E-state index in [2.05, 4.69) is 35.6 Å². The average Bonchev–Trinajstić information content (AvgIpc) is 3.35. The van der Waals surface area contributed by atoms with Crippen molar-refractivity contribution < 1.29 is 14.6 Å². The summed E-state index contributed by atoms with van der Waals surface area (Å²) >= 11 is 2.01. The first-order chi connectivity index (χ1) is 14.7. The fourth-order valence-electron chi connectivity index (χ4n) is 5.20. The summed E-state index contributed by atoms with van der Waals surface area (Å²) in [6, 6.07) is 10.6. The van der Waals surface area contributed by atoms with Crippen LogP contribution in [0.3, 0.4) is 0 Å². The Balaban J connectivity index is 1.22. The quantitative estimate of drug-likeness (QED) is 0.253. The molecule has 2 bridgehead atoms. The summed E-state index contributed by atoms with van der Waals surface area (Å²) in [5.74, 6) is 3.11. The van der Waals surface area contributed by atoms with Crippen LogP contribution in [-0.4, -0.2) is 34.9 Å². The van der Waals surface area contributed by atoms with Crippen molar-refractivity contribution in [3.8, 4) is 0 Å². The lowest BCUT2D eigenvalue weighted by Crippen LogP contribution is -2.27. The molecule has 1 aromatic rings. The average molecular weight is 434 g/mol. The van der Waals surface area contributed by atoms with Crippen LogP contribution in [0.5, 0.6) is 0 Å². The Hall–Kier alpha value is -1.04. The molecule has 2 N–H and O–H groups in total. The normalized spacial score (nSPS) is 25.1. The number of fused-ring (bicyclic) bond motifs is 2. The fourth-order valence-corrected chi connectivity index (χ4v) is 6.00. The van der Waals surface area contributed by atoms with E-state index in [1.54, 1.807) is 0 Å². The molecule has 4 nitrogen and oxygen atoms in total. The van der Waals surface area contributed by atoms with Crippen LogP contribution < -0.4 is 5.32 Å². The van der Waals surface area contributed by atoms with Gasteiger partial charge in [0.25, 0.3) is 0 Å². The van der Waals surface area contributed by atoms with E-state index in [0.29, 0.717) is 18.6 Å². The van der Waals surface area contributed by atoms with Gasteiger partial charge in [-0.2, -0.15) is 0 Å². The number of nitrogens with one attached hydrogen (secondary N) is 1. The number of carboxylic acid groups (broad SMARTS) is 1. The molecule has 2 fully saturated rings. The summed E-state index contributed by atoms with van der Waals surface area (Å²) in [5.41, 5.74) is 1.35. The number of benzene rings is 1. The second-order valence-electron chi connectivity index (χ2n) is 8.93. The van der Waals surface area contributed by atoms with Crippen LogP contribution in [0.15, 0.2) is 30.3 Å². The van der Waals surface area contributed by atoms with Crippen LogP contribution >= 0.6 is 11.8 Å². The number of aliphatic carboxylic acids is 1. The van der Waals surface area contributed by atoms with E-state index < -0.39 is 5.97 Å². The molecule has 0 amide bonds. The number of rotatable bonds is 16. The van der Waals surface area contributed by atoms with Gasteiger partial charge in [-0.3, -0.25) is 4.79 Å². The Morgan fingerprint density at radius 3 is 2.33 bits per heavy atom. The molecule has 2 saturated heterocycles. The molecule has 0 aliphatic carbocycles. The predicted octanol–water partition coefficient (Wildman–Crippen LogP) is 5.86. The van der Waals surface area contributed by atoms with Crippen LogP contribution in [0.25, 0.3) is 0 Å². The minimum atomic E-state index is -0.665. The maximum Gasteiger partial charge on any atom is 0.303 e. The Labute approximate surface area is 186 Å². The van der Waals surface area contributed by atoms with Gasteiger partial charge in [0.15, 0.2) is 0 Å². The molecule has 0 spiro atoms. The number of thioether (sulfide) groups is 1. The smallest absolute Gasteiger partial charge is 0.303 e. The van der Waals surface area contributed by atoms with Crippen LogP contribution in [-0.2, 0) is 16.1 Å². The Bertz CT molecular complexity index is 612.